The van der Waals surface area contributed by atoms with Gasteiger partial charge in [-0.25, -0.2) is 4.68 Å². The number of amides is 1. The van der Waals surface area contributed by atoms with Crippen molar-refractivity contribution in [3.63, 3.8) is 0 Å². The van der Waals surface area contributed by atoms with Gasteiger partial charge in [-0.2, -0.15) is 0 Å². The Labute approximate surface area is 116 Å². The zero-order chi connectivity index (χ0) is 14.6. The van der Waals surface area contributed by atoms with Gasteiger partial charge in [-0.15, -0.1) is 5.10 Å². The zero-order valence-corrected chi connectivity index (χ0v) is 11.4. The second-order valence-electron chi connectivity index (χ2n) is 5.32. The number of aromatic nitrogens is 3. The summed E-state index contributed by atoms with van der Waals surface area (Å²) in [4.78, 5) is 22.7. The van der Waals surface area contributed by atoms with Crippen molar-refractivity contribution in [2.24, 2.45) is 5.41 Å². The molecule has 1 saturated heterocycles. The summed E-state index contributed by atoms with van der Waals surface area (Å²) in [5, 5.41) is 22.2. The number of carboxylic acids is 1. The third-order valence-electron chi connectivity index (χ3n) is 3.46. The summed E-state index contributed by atoms with van der Waals surface area (Å²) >= 11 is 0. The summed E-state index contributed by atoms with van der Waals surface area (Å²) < 4.78 is 1.23. The summed E-state index contributed by atoms with van der Waals surface area (Å²) in [6, 6.07) is 0. The summed E-state index contributed by atoms with van der Waals surface area (Å²) in [6.45, 7) is 3.59. The number of hydrogen-bond acceptors (Lipinski definition) is 5. The van der Waals surface area contributed by atoms with Gasteiger partial charge >= 0.3 is 5.97 Å². The van der Waals surface area contributed by atoms with Crippen LogP contribution < -0.4 is 10.6 Å². The number of aliphatic carboxylic acids is 1. The van der Waals surface area contributed by atoms with Crippen LogP contribution in [-0.4, -0.2) is 45.1 Å². The maximum atomic E-state index is 12.2. The fraction of sp³-hybridized carbons (Fsp3) is 0.667. The summed E-state index contributed by atoms with van der Waals surface area (Å²) in [5.74, 6) is -0.997. The molecule has 0 spiro atoms. The minimum absolute atomic E-state index is 0.0162. The molecule has 1 atom stereocenters. The molecule has 0 aromatic carbocycles. The van der Waals surface area contributed by atoms with Gasteiger partial charge in [0.25, 0.3) is 0 Å². The third-order valence-corrected chi connectivity index (χ3v) is 3.46. The number of nitrogens with one attached hydrogen (secondary N) is 2. The molecule has 20 heavy (non-hydrogen) atoms. The van der Waals surface area contributed by atoms with E-state index in [2.05, 4.69) is 20.9 Å². The van der Waals surface area contributed by atoms with Gasteiger partial charge in [0.2, 0.25) is 5.91 Å². The van der Waals surface area contributed by atoms with E-state index in [-0.39, 0.29) is 19.0 Å². The average Bonchev–Trinajstić information content (AvgIpc) is 2.83. The van der Waals surface area contributed by atoms with Crippen molar-refractivity contribution in [3.05, 3.63) is 11.9 Å². The predicted octanol–water partition coefficient (Wildman–Crippen LogP) is -0.631. The molecule has 1 aromatic rings. The molecule has 1 aliphatic heterocycles. The number of nitrogens with zero attached hydrogens (tertiary/aromatic N) is 3. The van der Waals surface area contributed by atoms with Crippen molar-refractivity contribution in [3.8, 4) is 0 Å². The molecule has 2 heterocycles. The highest BCUT2D eigenvalue weighted by molar-refractivity contribution is 5.82. The Balaban J connectivity index is 1.86. The van der Waals surface area contributed by atoms with Crippen LogP contribution in [0.3, 0.4) is 0 Å². The van der Waals surface area contributed by atoms with Crippen LogP contribution in [0, 0.1) is 5.41 Å². The first-order chi connectivity index (χ1) is 9.49. The molecule has 110 valence electrons. The van der Waals surface area contributed by atoms with Crippen LogP contribution in [0.1, 0.15) is 25.5 Å². The van der Waals surface area contributed by atoms with Gasteiger partial charge in [0.1, 0.15) is 12.2 Å². The van der Waals surface area contributed by atoms with Crippen molar-refractivity contribution in [1.82, 2.24) is 25.6 Å². The molecule has 1 amide bonds. The third kappa shape index (κ3) is 3.53. The number of carbonyl (C=O) groups is 2. The van der Waals surface area contributed by atoms with Crippen LogP contribution >= 0.6 is 0 Å². The van der Waals surface area contributed by atoms with E-state index in [0.29, 0.717) is 12.2 Å². The molecule has 1 unspecified atom stereocenters. The lowest BCUT2D eigenvalue weighted by Crippen LogP contribution is -2.48. The first kappa shape index (κ1) is 14.4. The zero-order valence-electron chi connectivity index (χ0n) is 11.4. The maximum absolute atomic E-state index is 12.2. The SMILES string of the molecule is CC1(C(=O)NCc2cn(CC(=O)O)nn2)CCCNC1. The Morgan fingerprint density at radius 3 is 3.05 bits per heavy atom. The Hall–Kier alpha value is -1.96. The van der Waals surface area contributed by atoms with Crippen LogP contribution in [0.15, 0.2) is 6.20 Å². The van der Waals surface area contributed by atoms with E-state index in [9.17, 15) is 9.59 Å². The number of rotatable bonds is 5. The van der Waals surface area contributed by atoms with Gasteiger partial charge in [0.15, 0.2) is 0 Å². The molecule has 1 aromatic heterocycles. The van der Waals surface area contributed by atoms with E-state index >= 15 is 0 Å². The topological polar surface area (TPSA) is 109 Å². The minimum Gasteiger partial charge on any atom is -0.480 e. The number of hydrogen-bond donors (Lipinski definition) is 3. The number of carbonyl (C=O) groups excluding carboxylic acids is 1. The second-order valence-corrected chi connectivity index (χ2v) is 5.32. The van der Waals surface area contributed by atoms with E-state index in [0.717, 1.165) is 19.4 Å². The van der Waals surface area contributed by atoms with Gasteiger partial charge < -0.3 is 15.7 Å². The number of piperidine rings is 1. The highest BCUT2D eigenvalue weighted by Gasteiger charge is 2.34. The molecule has 0 aliphatic carbocycles. The quantitative estimate of drug-likeness (QED) is 0.663. The van der Waals surface area contributed by atoms with E-state index in [1.807, 2.05) is 6.92 Å². The first-order valence-corrected chi connectivity index (χ1v) is 6.59. The lowest BCUT2D eigenvalue weighted by Gasteiger charge is -2.32. The molecule has 1 fully saturated rings. The largest absolute Gasteiger partial charge is 0.480 e. The van der Waals surface area contributed by atoms with Crippen molar-refractivity contribution >= 4 is 11.9 Å². The number of carboxylic acid groups (broad SMARTS) is 1. The highest BCUT2D eigenvalue weighted by Crippen LogP contribution is 2.25. The normalized spacial score (nSPS) is 22.4. The second kappa shape index (κ2) is 6.00. The molecule has 8 heteroatoms. The highest BCUT2D eigenvalue weighted by atomic mass is 16.4. The smallest absolute Gasteiger partial charge is 0.325 e. The average molecular weight is 281 g/mol. The molecular formula is C12H19N5O3. The van der Waals surface area contributed by atoms with Crippen LogP contribution in [0.2, 0.25) is 0 Å². The van der Waals surface area contributed by atoms with Gasteiger partial charge in [-0.05, 0) is 26.3 Å². The van der Waals surface area contributed by atoms with Crippen LogP contribution in [0.5, 0.6) is 0 Å². The van der Waals surface area contributed by atoms with E-state index in [1.165, 1.54) is 10.9 Å². The van der Waals surface area contributed by atoms with Crippen molar-refractivity contribution < 1.29 is 14.7 Å². The summed E-state index contributed by atoms with van der Waals surface area (Å²) in [6.07, 6.45) is 3.37. The lowest BCUT2D eigenvalue weighted by molar-refractivity contribution is -0.138. The monoisotopic (exact) mass is 281 g/mol. The van der Waals surface area contributed by atoms with Gasteiger partial charge in [-0.1, -0.05) is 5.21 Å². The lowest BCUT2D eigenvalue weighted by atomic mass is 9.82. The van der Waals surface area contributed by atoms with E-state index in [1.54, 1.807) is 0 Å². The summed E-state index contributed by atoms with van der Waals surface area (Å²) in [5.41, 5.74) is 0.155. The van der Waals surface area contributed by atoms with Gasteiger partial charge in [0.05, 0.1) is 18.2 Å². The molecule has 3 N–H and O–H groups in total. The molecule has 1 aliphatic rings. The molecule has 2 rings (SSSR count). The van der Waals surface area contributed by atoms with E-state index in [4.69, 9.17) is 5.11 Å². The van der Waals surface area contributed by atoms with E-state index < -0.39 is 11.4 Å². The van der Waals surface area contributed by atoms with Crippen molar-refractivity contribution in [1.29, 1.82) is 0 Å². The summed E-state index contributed by atoms with van der Waals surface area (Å²) in [7, 11) is 0. The molecule has 8 nitrogen and oxygen atoms in total. The fourth-order valence-electron chi connectivity index (χ4n) is 2.27. The van der Waals surface area contributed by atoms with Crippen LogP contribution in [0.4, 0.5) is 0 Å². The first-order valence-electron chi connectivity index (χ1n) is 6.59. The van der Waals surface area contributed by atoms with Gasteiger partial charge in [0, 0.05) is 6.54 Å². The molecule has 0 bridgehead atoms. The maximum Gasteiger partial charge on any atom is 0.325 e. The Morgan fingerprint density at radius 1 is 1.60 bits per heavy atom. The fourth-order valence-corrected chi connectivity index (χ4v) is 2.27. The Kier molecular flexibility index (Phi) is 4.33. The molecule has 0 saturated carbocycles. The standard InChI is InChI=1S/C12H19N5O3/c1-12(3-2-4-13-8-12)11(20)14-5-9-6-17(16-15-9)7-10(18)19/h6,13H,2-5,7-8H2,1H3,(H,14,20)(H,18,19). The van der Waals surface area contributed by atoms with Crippen LogP contribution in [-0.2, 0) is 22.7 Å². The Bertz CT molecular complexity index is 493. The minimum atomic E-state index is -0.980. The van der Waals surface area contributed by atoms with Crippen LogP contribution in [0.25, 0.3) is 0 Å². The van der Waals surface area contributed by atoms with Crippen molar-refractivity contribution in [2.75, 3.05) is 13.1 Å². The van der Waals surface area contributed by atoms with Crippen molar-refractivity contribution in [2.45, 2.75) is 32.9 Å². The molecular weight excluding hydrogens is 262 g/mol. The van der Waals surface area contributed by atoms with Gasteiger partial charge in [-0.3, -0.25) is 9.59 Å². The molecule has 0 radical (unpaired) electrons. The predicted molar refractivity (Wildman–Crippen MR) is 69.7 cm³/mol. The Morgan fingerprint density at radius 2 is 2.40 bits per heavy atom.